The number of aromatic nitrogens is 2. The first-order chi connectivity index (χ1) is 35.7. The van der Waals surface area contributed by atoms with Gasteiger partial charge in [0.05, 0.1) is 27.8 Å². The molecule has 0 saturated carbocycles. The Bertz CT molecular complexity index is 4530. The lowest BCUT2D eigenvalue weighted by molar-refractivity contribution is 0.465. The minimum atomic E-state index is 0.0265. The van der Waals surface area contributed by atoms with Crippen molar-refractivity contribution in [3.05, 3.63) is 237 Å². The van der Waals surface area contributed by atoms with Crippen molar-refractivity contribution in [3.63, 3.8) is 0 Å². The first-order valence-corrected chi connectivity index (χ1v) is 24.6. The second-order valence-electron chi connectivity index (χ2n) is 19.1. The van der Waals surface area contributed by atoms with Crippen molar-refractivity contribution in [1.82, 2.24) is 9.13 Å². The quantitative estimate of drug-likeness (QED) is 0.162. The van der Waals surface area contributed by atoms with Crippen LogP contribution in [-0.4, -0.2) is 15.8 Å². The summed E-state index contributed by atoms with van der Waals surface area (Å²) in [6.45, 7) is 0.0265. The highest BCUT2D eigenvalue weighted by molar-refractivity contribution is 6.98. The molecular weight excluding hydrogens is 880 g/mol. The molecule has 14 aromatic rings. The molecule has 0 saturated heterocycles. The van der Waals surface area contributed by atoms with Gasteiger partial charge in [0.1, 0.15) is 34.2 Å². The highest BCUT2D eigenvalue weighted by atomic mass is 16.5. The van der Waals surface area contributed by atoms with Crippen LogP contribution in [0.3, 0.4) is 0 Å². The first kappa shape index (κ1) is 39.3. The van der Waals surface area contributed by atoms with Crippen molar-refractivity contribution < 1.29 is 13.9 Å². The number of nitrogens with zero attached hydrogens (tertiary/aromatic N) is 2. The van der Waals surface area contributed by atoms with Crippen LogP contribution < -0.4 is 25.9 Å². The molecule has 334 valence electrons. The second-order valence-corrected chi connectivity index (χ2v) is 19.1. The lowest BCUT2D eigenvalue weighted by Crippen LogP contribution is -2.57. The number of fused-ring (bicyclic) bond motifs is 13. The van der Waals surface area contributed by atoms with Crippen molar-refractivity contribution in [2.24, 2.45) is 0 Å². The zero-order valence-corrected chi connectivity index (χ0v) is 38.7. The van der Waals surface area contributed by atoms with Crippen LogP contribution in [0.2, 0.25) is 0 Å². The minimum absolute atomic E-state index is 0.0265. The Labute approximate surface area is 414 Å². The van der Waals surface area contributed by atoms with Gasteiger partial charge < -0.3 is 23.0 Å². The number of furan rings is 1. The van der Waals surface area contributed by atoms with E-state index in [1.807, 2.05) is 12.1 Å². The summed E-state index contributed by atoms with van der Waals surface area (Å²) in [7, 11) is 0. The van der Waals surface area contributed by atoms with Gasteiger partial charge in [-0.05, 0) is 106 Å². The molecule has 2 aliphatic heterocycles. The summed E-state index contributed by atoms with van der Waals surface area (Å²) < 4.78 is 25.3. The molecule has 5 heterocycles. The third-order valence-electron chi connectivity index (χ3n) is 15.2. The van der Waals surface area contributed by atoms with E-state index in [0.29, 0.717) is 0 Å². The average molecular weight is 919 g/mol. The predicted molar refractivity (Wildman–Crippen MR) is 296 cm³/mol. The highest BCUT2D eigenvalue weighted by Crippen LogP contribution is 2.47. The van der Waals surface area contributed by atoms with Gasteiger partial charge >= 0.3 is 0 Å². The van der Waals surface area contributed by atoms with Gasteiger partial charge in [-0.3, -0.25) is 0 Å². The second kappa shape index (κ2) is 15.0. The van der Waals surface area contributed by atoms with E-state index in [4.69, 9.17) is 13.9 Å². The van der Waals surface area contributed by atoms with E-state index in [-0.39, 0.29) is 6.71 Å². The average Bonchev–Trinajstić information content (AvgIpc) is 4.11. The number of hydrogen-bond donors (Lipinski definition) is 0. The molecule has 0 bridgehead atoms. The lowest BCUT2D eigenvalue weighted by Gasteiger charge is -2.33. The van der Waals surface area contributed by atoms with Crippen LogP contribution in [0.4, 0.5) is 0 Å². The molecule has 3 aromatic heterocycles. The Morgan fingerprint density at radius 1 is 0.347 bits per heavy atom. The van der Waals surface area contributed by atoms with Gasteiger partial charge in [-0.2, -0.15) is 0 Å². The zero-order valence-electron chi connectivity index (χ0n) is 38.7. The van der Waals surface area contributed by atoms with Crippen LogP contribution in [0.25, 0.3) is 110 Å². The van der Waals surface area contributed by atoms with E-state index >= 15 is 0 Å². The van der Waals surface area contributed by atoms with Crippen molar-refractivity contribution >= 4 is 88.7 Å². The number of hydrogen-bond acceptors (Lipinski definition) is 3. The summed E-state index contributed by atoms with van der Waals surface area (Å²) in [6.07, 6.45) is 0. The third kappa shape index (κ3) is 5.54. The van der Waals surface area contributed by atoms with Crippen molar-refractivity contribution in [2.45, 2.75) is 0 Å². The Kier molecular flexibility index (Phi) is 8.19. The molecule has 72 heavy (non-hydrogen) atoms. The third-order valence-corrected chi connectivity index (χ3v) is 15.2. The Morgan fingerprint density at radius 2 is 0.931 bits per heavy atom. The molecule has 0 fully saturated rings. The van der Waals surface area contributed by atoms with Crippen molar-refractivity contribution in [3.8, 4) is 67.8 Å². The maximum Gasteiger partial charge on any atom is 0.260 e. The molecule has 0 amide bonds. The maximum absolute atomic E-state index is 7.03. The topological polar surface area (TPSA) is 41.5 Å². The van der Waals surface area contributed by atoms with E-state index in [2.05, 4.69) is 234 Å². The summed E-state index contributed by atoms with van der Waals surface area (Å²) in [5.41, 5.74) is 18.4. The summed E-state index contributed by atoms with van der Waals surface area (Å²) in [5.74, 6) is 3.40. The van der Waals surface area contributed by atoms with Crippen molar-refractivity contribution in [1.29, 1.82) is 0 Å². The van der Waals surface area contributed by atoms with Crippen LogP contribution in [0.1, 0.15) is 0 Å². The predicted octanol–water partition coefficient (Wildman–Crippen LogP) is 15.5. The van der Waals surface area contributed by atoms with Gasteiger partial charge in [0, 0.05) is 54.6 Å². The fourth-order valence-corrected chi connectivity index (χ4v) is 12.3. The van der Waals surface area contributed by atoms with Gasteiger partial charge in [-0.25, -0.2) is 0 Å². The molecular formula is C66H39BN2O3. The van der Waals surface area contributed by atoms with Gasteiger partial charge in [0.2, 0.25) is 0 Å². The number of rotatable bonds is 5. The number of ether oxygens (including phenoxy) is 2. The monoisotopic (exact) mass is 918 g/mol. The summed E-state index contributed by atoms with van der Waals surface area (Å²) in [6, 6.07) is 84.7. The normalized spacial score (nSPS) is 12.6. The fourth-order valence-electron chi connectivity index (χ4n) is 12.3. The minimum Gasteiger partial charge on any atom is -0.458 e. The van der Waals surface area contributed by atoms with Gasteiger partial charge in [0.15, 0.2) is 0 Å². The van der Waals surface area contributed by atoms with E-state index in [1.54, 1.807) is 0 Å². The van der Waals surface area contributed by atoms with Gasteiger partial charge in [0.25, 0.3) is 6.71 Å². The smallest absolute Gasteiger partial charge is 0.260 e. The molecule has 0 spiro atoms. The molecule has 5 nitrogen and oxygen atoms in total. The summed E-state index contributed by atoms with van der Waals surface area (Å²) in [4.78, 5) is 0. The molecule has 16 rings (SSSR count). The first-order valence-electron chi connectivity index (χ1n) is 24.6. The largest absolute Gasteiger partial charge is 0.458 e. The van der Waals surface area contributed by atoms with Crippen LogP contribution in [0.15, 0.2) is 241 Å². The van der Waals surface area contributed by atoms with E-state index in [9.17, 15) is 0 Å². The maximum atomic E-state index is 7.03. The fraction of sp³-hybridized carbons (Fsp3) is 0. The van der Waals surface area contributed by atoms with Crippen molar-refractivity contribution in [2.75, 3.05) is 0 Å². The number of para-hydroxylation sites is 7. The van der Waals surface area contributed by atoms with E-state index in [1.165, 1.54) is 27.1 Å². The summed E-state index contributed by atoms with van der Waals surface area (Å²) in [5, 5.41) is 6.99. The lowest BCUT2D eigenvalue weighted by atomic mass is 9.35. The summed E-state index contributed by atoms with van der Waals surface area (Å²) >= 11 is 0. The Morgan fingerprint density at radius 3 is 1.72 bits per heavy atom. The molecule has 6 heteroatoms. The van der Waals surface area contributed by atoms with Crippen LogP contribution >= 0.6 is 0 Å². The highest BCUT2D eigenvalue weighted by Gasteiger charge is 2.40. The Hall–Kier alpha value is -9.52. The molecule has 0 atom stereocenters. The van der Waals surface area contributed by atoms with Crippen LogP contribution in [-0.2, 0) is 0 Å². The van der Waals surface area contributed by atoms with E-state index < -0.39 is 0 Å². The van der Waals surface area contributed by atoms with Gasteiger partial charge in [-0.15, -0.1) is 0 Å². The zero-order chi connectivity index (χ0) is 47.0. The molecule has 11 aromatic carbocycles. The van der Waals surface area contributed by atoms with E-state index in [0.717, 1.165) is 123 Å². The molecule has 0 radical (unpaired) electrons. The molecule has 2 aliphatic rings. The Balaban J connectivity index is 0.872. The van der Waals surface area contributed by atoms with Gasteiger partial charge in [-0.1, -0.05) is 164 Å². The molecule has 0 aliphatic carbocycles. The standard InChI is InChI=1S/C66H39BN2O3/c1-2-19-43(20-3-1)68-54-31-9-5-22-49(54)63-55(68)32-16-33-56(63)69-53-30-8-4-21-45(53)47-25-14-26-48(65(47)69)46-24-15-36-59-62(46)50-27-13-23-44(66(50)72-59)41-18-12-17-40(37-41)42-38-60-64-61(39-42)71-58-35-11-7-29-52(58)67(64)51-28-6-10-34-57(51)70-60/h1-39H. The van der Waals surface area contributed by atoms with Crippen LogP contribution in [0, 0.1) is 0 Å². The number of benzene rings is 11. The SMILES string of the molecule is c1ccc(-n2c3ccccc3c3c(-n4c5ccccc5c5cccc(-c6cccc7oc8c(-c9cccc(-c%10cc%11c%12c(c%10)Oc%10ccccc%10B%12c%10ccccc%10O%11)c9)cccc8c67)c54)cccc32)cc1. The molecule has 0 N–H and O–H groups in total. The molecule has 0 unspecified atom stereocenters. The van der Waals surface area contributed by atoms with Crippen LogP contribution in [0.5, 0.6) is 23.0 Å².